The van der Waals surface area contributed by atoms with Crippen molar-refractivity contribution in [3.05, 3.63) is 35.4 Å². The van der Waals surface area contributed by atoms with Crippen LogP contribution in [0.4, 0.5) is 0 Å². The maximum Gasteiger partial charge on any atom is 0.137 e. The lowest BCUT2D eigenvalue weighted by molar-refractivity contribution is -0.118. The Morgan fingerprint density at radius 2 is 1.93 bits per heavy atom. The number of aryl methyl sites for hydroxylation is 1. The van der Waals surface area contributed by atoms with Gasteiger partial charge in [-0.3, -0.25) is 4.79 Å². The minimum Gasteiger partial charge on any atom is -0.299 e. The van der Waals surface area contributed by atoms with Crippen LogP contribution in [0.3, 0.4) is 0 Å². The molecule has 0 radical (unpaired) electrons. The highest BCUT2D eigenvalue weighted by Crippen LogP contribution is 2.13. The first kappa shape index (κ1) is 12.3. The summed E-state index contributed by atoms with van der Waals surface area (Å²) in [7, 11) is 0. The van der Waals surface area contributed by atoms with E-state index >= 15 is 0 Å². The van der Waals surface area contributed by atoms with Crippen molar-refractivity contribution in [3.63, 3.8) is 0 Å². The number of halogens is 1. The van der Waals surface area contributed by atoms with Gasteiger partial charge in [-0.1, -0.05) is 31.2 Å². The quantitative estimate of drug-likeness (QED) is 0.677. The number of benzene rings is 1. The van der Waals surface area contributed by atoms with Gasteiger partial charge in [-0.15, -0.1) is 11.6 Å². The first-order valence-corrected chi connectivity index (χ1v) is 5.95. The molecule has 15 heavy (non-hydrogen) atoms. The standard InChI is InChI=1S/C13H17ClO/c1-2-13(15)10-12-7-4-3-6-11(12)8-5-9-14/h3-4,6-7H,2,5,8-10H2,1H3. The van der Waals surface area contributed by atoms with Crippen molar-refractivity contribution < 1.29 is 4.79 Å². The Morgan fingerprint density at radius 3 is 2.53 bits per heavy atom. The Bertz CT molecular complexity index is 320. The number of rotatable bonds is 6. The van der Waals surface area contributed by atoms with Crippen LogP contribution in [0.15, 0.2) is 24.3 Å². The Hall–Kier alpha value is -0.820. The minimum atomic E-state index is 0.299. The fourth-order valence-corrected chi connectivity index (χ4v) is 1.70. The van der Waals surface area contributed by atoms with Gasteiger partial charge in [0.1, 0.15) is 5.78 Å². The normalized spacial score (nSPS) is 10.3. The molecule has 1 aromatic carbocycles. The maximum absolute atomic E-state index is 11.4. The van der Waals surface area contributed by atoms with Gasteiger partial charge in [0.2, 0.25) is 0 Å². The second-order valence-electron chi connectivity index (χ2n) is 3.63. The smallest absolute Gasteiger partial charge is 0.137 e. The largest absolute Gasteiger partial charge is 0.299 e. The SMILES string of the molecule is CCC(=O)Cc1ccccc1CCCCl. The summed E-state index contributed by atoms with van der Waals surface area (Å²) in [5, 5.41) is 0. The predicted molar refractivity (Wildman–Crippen MR) is 64.5 cm³/mol. The van der Waals surface area contributed by atoms with Crippen LogP contribution in [0.5, 0.6) is 0 Å². The van der Waals surface area contributed by atoms with Gasteiger partial charge < -0.3 is 0 Å². The van der Waals surface area contributed by atoms with E-state index in [4.69, 9.17) is 11.6 Å². The number of hydrogen-bond acceptors (Lipinski definition) is 1. The lowest BCUT2D eigenvalue weighted by Gasteiger charge is -2.07. The molecule has 0 N–H and O–H groups in total. The van der Waals surface area contributed by atoms with Crippen molar-refractivity contribution in [2.45, 2.75) is 32.6 Å². The Balaban J connectivity index is 2.72. The topological polar surface area (TPSA) is 17.1 Å². The molecule has 1 aromatic rings. The van der Waals surface area contributed by atoms with Crippen molar-refractivity contribution in [2.75, 3.05) is 5.88 Å². The number of Topliss-reactive ketones (excluding diaryl/α,β-unsaturated/α-hetero) is 1. The van der Waals surface area contributed by atoms with E-state index in [1.54, 1.807) is 0 Å². The number of carbonyl (C=O) groups is 1. The van der Waals surface area contributed by atoms with Gasteiger partial charge in [0.05, 0.1) is 0 Å². The van der Waals surface area contributed by atoms with Gasteiger partial charge in [0.25, 0.3) is 0 Å². The molecule has 1 nitrogen and oxygen atoms in total. The molecule has 1 rings (SSSR count). The summed E-state index contributed by atoms with van der Waals surface area (Å²) in [4.78, 5) is 11.4. The minimum absolute atomic E-state index is 0.299. The second-order valence-corrected chi connectivity index (χ2v) is 4.01. The zero-order valence-electron chi connectivity index (χ0n) is 9.13. The molecule has 2 heteroatoms. The predicted octanol–water partition coefficient (Wildman–Crippen LogP) is 3.38. The molecule has 0 aliphatic carbocycles. The van der Waals surface area contributed by atoms with E-state index in [0.717, 1.165) is 18.4 Å². The molecule has 0 unspecified atom stereocenters. The molecule has 0 aliphatic rings. The summed E-state index contributed by atoms with van der Waals surface area (Å²) in [6.07, 6.45) is 3.12. The van der Waals surface area contributed by atoms with Gasteiger partial charge in [0, 0.05) is 18.7 Å². The summed E-state index contributed by atoms with van der Waals surface area (Å²) in [5.41, 5.74) is 2.43. The molecular weight excluding hydrogens is 208 g/mol. The van der Waals surface area contributed by atoms with E-state index < -0.39 is 0 Å². The summed E-state index contributed by atoms with van der Waals surface area (Å²) in [6, 6.07) is 8.13. The van der Waals surface area contributed by atoms with Crippen LogP contribution in [-0.2, 0) is 17.6 Å². The first-order chi connectivity index (χ1) is 7.27. The van der Waals surface area contributed by atoms with E-state index in [1.165, 1.54) is 5.56 Å². The van der Waals surface area contributed by atoms with Crippen molar-refractivity contribution in [3.8, 4) is 0 Å². The number of ketones is 1. The monoisotopic (exact) mass is 224 g/mol. The van der Waals surface area contributed by atoms with Crippen LogP contribution in [0, 0.1) is 0 Å². The molecule has 0 fully saturated rings. The Labute approximate surface area is 96.5 Å². The summed E-state index contributed by atoms with van der Waals surface area (Å²) >= 11 is 5.67. The molecule has 0 spiro atoms. The fourth-order valence-electron chi connectivity index (χ4n) is 1.57. The molecule has 0 aliphatic heterocycles. The third kappa shape index (κ3) is 4.05. The molecule has 0 aromatic heterocycles. The zero-order chi connectivity index (χ0) is 11.1. The van der Waals surface area contributed by atoms with Crippen LogP contribution in [0.2, 0.25) is 0 Å². The molecule has 0 bridgehead atoms. The first-order valence-electron chi connectivity index (χ1n) is 5.42. The Morgan fingerprint density at radius 1 is 1.27 bits per heavy atom. The van der Waals surface area contributed by atoms with Gasteiger partial charge in [-0.25, -0.2) is 0 Å². The highest BCUT2D eigenvalue weighted by atomic mass is 35.5. The third-order valence-corrected chi connectivity index (χ3v) is 2.75. The fraction of sp³-hybridized carbons (Fsp3) is 0.462. The summed E-state index contributed by atoms with van der Waals surface area (Å²) in [6.45, 7) is 1.91. The van der Waals surface area contributed by atoms with Gasteiger partial charge >= 0.3 is 0 Å². The number of hydrogen-bond donors (Lipinski definition) is 0. The van der Waals surface area contributed by atoms with Crippen LogP contribution >= 0.6 is 11.6 Å². The molecule has 0 amide bonds. The Kier molecular flexibility index (Phi) is 5.41. The number of carbonyl (C=O) groups excluding carboxylic acids is 1. The van der Waals surface area contributed by atoms with Crippen molar-refractivity contribution in [2.24, 2.45) is 0 Å². The van der Waals surface area contributed by atoms with Crippen molar-refractivity contribution in [1.29, 1.82) is 0 Å². The third-order valence-electron chi connectivity index (χ3n) is 2.48. The van der Waals surface area contributed by atoms with Crippen molar-refractivity contribution in [1.82, 2.24) is 0 Å². The summed E-state index contributed by atoms with van der Waals surface area (Å²) < 4.78 is 0. The molecule has 0 saturated carbocycles. The van der Waals surface area contributed by atoms with Crippen LogP contribution in [0.1, 0.15) is 30.9 Å². The van der Waals surface area contributed by atoms with E-state index in [9.17, 15) is 4.79 Å². The average Bonchev–Trinajstić information content (AvgIpc) is 2.28. The van der Waals surface area contributed by atoms with Gasteiger partial charge in [-0.05, 0) is 24.0 Å². The van der Waals surface area contributed by atoms with Crippen LogP contribution < -0.4 is 0 Å². The van der Waals surface area contributed by atoms with Crippen LogP contribution in [0.25, 0.3) is 0 Å². The molecule has 82 valence electrons. The van der Waals surface area contributed by atoms with E-state index in [0.29, 0.717) is 24.5 Å². The van der Waals surface area contributed by atoms with E-state index in [2.05, 4.69) is 6.07 Å². The average molecular weight is 225 g/mol. The second kappa shape index (κ2) is 6.62. The van der Waals surface area contributed by atoms with Gasteiger partial charge in [0.15, 0.2) is 0 Å². The highest BCUT2D eigenvalue weighted by Gasteiger charge is 2.05. The van der Waals surface area contributed by atoms with E-state index in [1.807, 2.05) is 25.1 Å². The molecular formula is C13H17ClO. The van der Waals surface area contributed by atoms with Gasteiger partial charge in [-0.2, -0.15) is 0 Å². The summed E-state index contributed by atoms with van der Waals surface area (Å²) in [5.74, 6) is 0.976. The molecule has 0 atom stereocenters. The maximum atomic E-state index is 11.4. The molecule has 0 saturated heterocycles. The lowest BCUT2D eigenvalue weighted by atomic mass is 9.98. The number of alkyl halides is 1. The van der Waals surface area contributed by atoms with Crippen molar-refractivity contribution >= 4 is 17.4 Å². The lowest BCUT2D eigenvalue weighted by Crippen LogP contribution is -2.03. The molecule has 0 heterocycles. The van der Waals surface area contributed by atoms with E-state index in [-0.39, 0.29) is 0 Å². The zero-order valence-corrected chi connectivity index (χ0v) is 9.89. The highest BCUT2D eigenvalue weighted by molar-refractivity contribution is 6.17. The van der Waals surface area contributed by atoms with Crippen LogP contribution in [-0.4, -0.2) is 11.7 Å².